The van der Waals surface area contributed by atoms with Crippen LogP contribution in [0, 0.1) is 5.82 Å². The molecular formula is C14H12Cl3FN2O2. The zero-order chi connectivity index (χ0) is 16.4. The lowest BCUT2D eigenvalue weighted by atomic mass is 10.1. The molecule has 0 bridgehead atoms. The van der Waals surface area contributed by atoms with Crippen LogP contribution in [0.5, 0.6) is 0 Å². The van der Waals surface area contributed by atoms with Crippen LogP contribution >= 0.6 is 34.8 Å². The maximum Gasteiger partial charge on any atom is 0.268 e. The molecule has 0 saturated carbocycles. The zero-order valence-electron chi connectivity index (χ0n) is 11.4. The molecule has 0 aliphatic rings. The largest absolute Gasteiger partial charge is 0.394 e. The second-order valence-electron chi connectivity index (χ2n) is 4.58. The van der Waals surface area contributed by atoms with Gasteiger partial charge in [0, 0.05) is 12.6 Å². The molecule has 1 aromatic carbocycles. The highest BCUT2D eigenvalue weighted by Gasteiger charge is 2.22. The molecule has 0 aliphatic carbocycles. The Kier molecular flexibility index (Phi) is 5.34. The van der Waals surface area contributed by atoms with Crippen molar-refractivity contribution in [1.29, 1.82) is 0 Å². The quantitative estimate of drug-likeness (QED) is 0.870. The first-order valence-corrected chi connectivity index (χ1v) is 7.36. The normalized spacial score (nSPS) is 12.3. The van der Waals surface area contributed by atoms with E-state index in [-0.39, 0.29) is 26.5 Å². The summed E-state index contributed by atoms with van der Waals surface area (Å²) in [6.45, 7) is -0.491. The van der Waals surface area contributed by atoms with Gasteiger partial charge in [0.2, 0.25) is 0 Å². The number of hydrogen-bond donors (Lipinski definition) is 2. The molecule has 2 N–H and O–H groups in total. The van der Waals surface area contributed by atoms with E-state index in [0.29, 0.717) is 0 Å². The Morgan fingerprint density at radius 1 is 1.36 bits per heavy atom. The van der Waals surface area contributed by atoms with E-state index < -0.39 is 24.4 Å². The van der Waals surface area contributed by atoms with Crippen molar-refractivity contribution in [2.75, 3.05) is 6.61 Å². The Hall–Kier alpha value is -1.27. The van der Waals surface area contributed by atoms with Crippen molar-refractivity contribution >= 4 is 40.7 Å². The van der Waals surface area contributed by atoms with Crippen LogP contribution in [-0.2, 0) is 7.05 Å². The average Bonchev–Trinajstić information content (AvgIpc) is 2.75. The van der Waals surface area contributed by atoms with Gasteiger partial charge in [0.15, 0.2) is 0 Å². The van der Waals surface area contributed by atoms with E-state index in [1.165, 1.54) is 28.8 Å². The third-order valence-electron chi connectivity index (χ3n) is 3.19. The van der Waals surface area contributed by atoms with Crippen molar-refractivity contribution in [3.05, 3.63) is 56.5 Å². The molecule has 0 spiro atoms. The van der Waals surface area contributed by atoms with Crippen LogP contribution in [0.2, 0.25) is 15.2 Å². The third-order valence-corrected chi connectivity index (χ3v) is 4.33. The van der Waals surface area contributed by atoms with Crippen LogP contribution < -0.4 is 5.32 Å². The summed E-state index contributed by atoms with van der Waals surface area (Å²) in [4.78, 5) is 12.3. The minimum absolute atomic E-state index is 0.0878. The first-order valence-electron chi connectivity index (χ1n) is 6.23. The van der Waals surface area contributed by atoms with Crippen molar-refractivity contribution in [3.63, 3.8) is 0 Å². The molecule has 22 heavy (non-hydrogen) atoms. The van der Waals surface area contributed by atoms with Crippen LogP contribution in [-0.4, -0.2) is 22.2 Å². The van der Waals surface area contributed by atoms with Gasteiger partial charge in [-0.3, -0.25) is 4.79 Å². The minimum atomic E-state index is -0.946. The van der Waals surface area contributed by atoms with E-state index in [4.69, 9.17) is 34.8 Å². The SMILES string of the molecule is Cn1c(C(=O)NC(CO)c2cccc(Cl)c2F)cc(Cl)c1Cl. The number of hydrogen-bond acceptors (Lipinski definition) is 2. The number of rotatable bonds is 4. The predicted octanol–water partition coefficient (Wildman–Crippen LogP) is 3.59. The molecule has 2 rings (SSSR count). The smallest absolute Gasteiger partial charge is 0.268 e. The van der Waals surface area contributed by atoms with Gasteiger partial charge >= 0.3 is 0 Å². The first kappa shape index (κ1) is 17.1. The lowest BCUT2D eigenvalue weighted by Gasteiger charge is -2.18. The van der Waals surface area contributed by atoms with Crippen LogP contribution in [0.4, 0.5) is 4.39 Å². The van der Waals surface area contributed by atoms with Crippen molar-refractivity contribution in [2.24, 2.45) is 7.05 Å². The Morgan fingerprint density at radius 2 is 2.05 bits per heavy atom. The number of nitrogens with one attached hydrogen (secondary N) is 1. The van der Waals surface area contributed by atoms with Crippen LogP contribution in [0.3, 0.4) is 0 Å². The summed E-state index contributed by atoms with van der Waals surface area (Å²) in [5, 5.41) is 12.3. The summed E-state index contributed by atoms with van der Waals surface area (Å²) in [6.07, 6.45) is 0. The molecule has 1 aromatic heterocycles. The monoisotopic (exact) mass is 364 g/mol. The van der Waals surface area contributed by atoms with Gasteiger partial charge in [-0.25, -0.2) is 4.39 Å². The number of nitrogens with zero attached hydrogens (tertiary/aromatic N) is 1. The molecule has 8 heteroatoms. The van der Waals surface area contributed by atoms with Crippen molar-refractivity contribution in [1.82, 2.24) is 9.88 Å². The summed E-state index contributed by atoms with van der Waals surface area (Å²) in [7, 11) is 1.57. The molecule has 2 aromatic rings. The number of carbonyl (C=O) groups is 1. The summed E-state index contributed by atoms with van der Waals surface area (Å²) in [5.41, 5.74) is 0.283. The highest BCUT2D eigenvalue weighted by Crippen LogP contribution is 2.27. The standard InChI is InChI=1S/C14H12Cl3FN2O2/c1-20-11(5-9(16)13(20)17)14(22)19-10(6-21)7-3-2-4-8(15)12(7)18/h2-5,10,21H,6H2,1H3,(H,19,22). The van der Waals surface area contributed by atoms with E-state index in [2.05, 4.69) is 5.32 Å². The average molecular weight is 366 g/mol. The summed E-state index contributed by atoms with van der Waals surface area (Å²) in [6, 6.07) is 4.80. The number of amides is 1. The van der Waals surface area contributed by atoms with Crippen LogP contribution in [0.1, 0.15) is 22.1 Å². The molecule has 0 saturated heterocycles. The van der Waals surface area contributed by atoms with Crippen LogP contribution in [0.15, 0.2) is 24.3 Å². The second-order valence-corrected chi connectivity index (χ2v) is 5.75. The molecule has 1 amide bonds. The fourth-order valence-corrected chi connectivity index (χ4v) is 2.56. The molecule has 0 aliphatic heterocycles. The number of aliphatic hydroxyl groups excluding tert-OH is 1. The molecule has 1 heterocycles. The fourth-order valence-electron chi connectivity index (χ4n) is 2.00. The van der Waals surface area contributed by atoms with Gasteiger partial charge in [0.1, 0.15) is 16.7 Å². The molecule has 1 atom stereocenters. The van der Waals surface area contributed by atoms with Gasteiger partial charge in [-0.05, 0) is 12.1 Å². The topological polar surface area (TPSA) is 54.3 Å². The van der Waals surface area contributed by atoms with Crippen molar-refractivity contribution in [3.8, 4) is 0 Å². The Balaban J connectivity index is 2.28. The third kappa shape index (κ3) is 3.22. The number of aromatic nitrogens is 1. The highest BCUT2D eigenvalue weighted by molar-refractivity contribution is 6.41. The summed E-state index contributed by atoms with van der Waals surface area (Å²) in [5.74, 6) is -1.24. The highest BCUT2D eigenvalue weighted by atomic mass is 35.5. The zero-order valence-corrected chi connectivity index (χ0v) is 13.7. The molecule has 4 nitrogen and oxygen atoms in total. The van der Waals surface area contributed by atoms with Crippen LogP contribution in [0.25, 0.3) is 0 Å². The summed E-state index contributed by atoms with van der Waals surface area (Å²) < 4.78 is 15.4. The fraction of sp³-hybridized carbons (Fsp3) is 0.214. The predicted molar refractivity (Wildman–Crippen MR) is 84.1 cm³/mol. The second kappa shape index (κ2) is 6.87. The van der Waals surface area contributed by atoms with E-state index >= 15 is 0 Å². The Labute approximate surface area is 141 Å². The van der Waals surface area contributed by atoms with Gasteiger partial charge in [0.25, 0.3) is 5.91 Å². The Bertz CT molecular complexity index is 718. The lowest BCUT2D eigenvalue weighted by molar-refractivity contribution is 0.0907. The number of aliphatic hydroxyl groups is 1. The van der Waals surface area contributed by atoms with Gasteiger partial charge in [-0.1, -0.05) is 46.9 Å². The van der Waals surface area contributed by atoms with Gasteiger partial charge in [-0.15, -0.1) is 0 Å². The number of carbonyl (C=O) groups excluding carboxylic acids is 1. The van der Waals surface area contributed by atoms with Crippen molar-refractivity contribution in [2.45, 2.75) is 6.04 Å². The molecule has 118 valence electrons. The van der Waals surface area contributed by atoms with Gasteiger partial charge in [-0.2, -0.15) is 0 Å². The maximum atomic E-state index is 14.0. The van der Waals surface area contributed by atoms with E-state index in [1.807, 2.05) is 0 Å². The molecular weight excluding hydrogens is 354 g/mol. The molecule has 1 unspecified atom stereocenters. The van der Waals surface area contributed by atoms with Gasteiger partial charge in [0.05, 0.1) is 22.7 Å². The van der Waals surface area contributed by atoms with Gasteiger partial charge < -0.3 is 15.0 Å². The molecule has 0 radical (unpaired) electrons. The van der Waals surface area contributed by atoms with Crippen molar-refractivity contribution < 1.29 is 14.3 Å². The number of halogens is 4. The lowest BCUT2D eigenvalue weighted by Crippen LogP contribution is -2.32. The number of benzene rings is 1. The van der Waals surface area contributed by atoms with E-state index in [0.717, 1.165) is 0 Å². The maximum absolute atomic E-state index is 14.0. The molecule has 0 fully saturated rings. The minimum Gasteiger partial charge on any atom is -0.394 e. The first-order chi connectivity index (χ1) is 10.4. The summed E-state index contributed by atoms with van der Waals surface area (Å²) >= 11 is 17.5. The van der Waals surface area contributed by atoms with E-state index in [1.54, 1.807) is 7.05 Å². The van der Waals surface area contributed by atoms with E-state index in [9.17, 15) is 14.3 Å². The Morgan fingerprint density at radius 3 is 2.59 bits per heavy atom.